The number of nitrogens with zero attached hydrogens (tertiary/aromatic N) is 1. The number of benzene rings is 2. The molecule has 12 heteroatoms. The van der Waals surface area contributed by atoms with Gasteiger partial charge in [-0.05, 0) is 56.2 Å². The summed E-state index contributed by atoms with van der Waals surface area (Å²) in [6, 6.07) is 8.35. The number of esters is 1. The molecule has 2 rings (SSSR count). The van der Waals surface area contributed by atoms with Gasteiger partial charge in [0.25, 0.3) is 0 Å². The lowest BCUT2D eigenvalue weighted by molar-refractivity contribution is -0.142. The number of alkyl halides is 3. The van der Waals surface area contributed by atoms with Crippen LogP contribution < -0.4 is 9.50 Å². The second-order valence-electron chi connectivity index (χ2n) is 7.56. The Morgan fingerprint density at radius 2 is 1.77 bits per heavy atom. The number of hydrogen-bond acceptors (Lipinski definition) is 6. The maximum Gasteiger partial charge on any atom is 0.416 e. The maximum absolute atomic E-state index is 13.0. The van der Waals surface area contributed by atoms with Gasteiger partial charge in [0.1, 0.15) is 17.2 Å². The van der Waals surface area contributed by atoms with Gasteiger partial charge in [0.05, 0.1) is 12.2 Å². The highest BCUT2D eigenvalue weighted by atomic mass is 32.2. The Morgan fingerprint density at radius 1 is 1.09 bits per heavy atom. The number of ether oxygens (including phenoxy) is 1. The minimum absolute atomic E-state index is 0.0600. The largest absolute Gasteiger partial charge is 0.465 e. The summed E-state index contributed by atoms with van der Waals surface area (Å²) < 4.78 is 73.9. The number of rotatable bonds is 10. The summed E-state index contributed by atoms with van der Waals surface area (Å²) in [4.78, 5) is 25.0. The fourth-order valence-corrected chi connectivity index (χ4v) is 3.97. The lowest BCUT2D eigenvalue weighted by Gasteiger charge is -2.29. The number of hydrogen-bond donors (Lipinski definition) is 1. The molecule has 0 aliphatic carbocycles. The molecule has 0 saturated heterocycles. The van der Waals surface area contributed by atoms with Crippen molar-refractivity contribution in [2.24, 2.45) is 0 Å². The van der Waals surface area contributed by atoms with Gasteiger partial charge in [-0.3, -0.25) is 4.79 Å². The van der Waals surface area contributed by atoms with Crippen LogP contribution in [0, 0.1) is 0 Å². The Balaban J connectivity index is 2.20. The van der Waals surface area contributed by atoms with E-state index in [1.165, 1.54) is 23.1 Å². The molecule has 0 bridgehead atoms. The molecule has 0 spiro atoms. The van der Waals surface area contributed by atoms with Crippen LogP contribution in [0.5, 0.6) is 5.75 Å². The van der Waals surface area contributed by atoms with E-state index in [0.717, 1.165) is 18.2 Å². The summed E-state index contributed by atoms with van der Waals surface area (Å²) in [7, 11) is -4.55. The fraction of sp³-hybridized carbons (Fsp3) is 0.391. The van der Waals surface area contributed by atoms with Crippen molar-refractivity contribution in [2.45, 2.75) is 50.9 Å². The Kier molecular flexibility index (Phi) is 9.52. The van der Waals surface area contributed by atoms with Crippen LogP contribution in [0.25, 0.3) is 0 Å². The Labute approximate surface area is 202 Å². The Hall–Kier alpha value is -3.28. The molecule has 192 valence electrons. The molecule has 1 unspecified atom stereocenters. The van der Waals surface area contributed by atoms with Crippen LogP contribution >= 0.6 is 0 Å². The molecule has 0 heterocycles. The van der Waals surface area contributed by atoms with Gasteiger partial charge in [-0.1, -0.05) is 25.1 Å². The molecule has 0 aliphatic heterocycles. The van der Waals surface area contributed by atoms with Crippen LogP contribution in [-0.4, -0.2) is 44.5 Å². The van der Waals surface area contributed by atoms with Crippen LogP contribution in [-0.2, 0) is 32.4 Å². The smallest absolute Gasteiger partial charge is 0.416 e. The number of urea groups is 1. The van der Waals surface area contributed by atoms with Crippen molar-refractivity contribution in [2.75, 3.05) is 13.2 Å². The third kappa shape index (κ3) is 8.16. The summed E-state index contributed by atoms with van der Waals surface area (Å²) >= 11 is 0. The number of amides is 2. The van der Waals surface area contributed by atoms with E-state index in [1.54, 1.807) is 13.0 Å². The van der Waals surface area contributed by atoms with Crippen LogP contribution in [0.2, 0.25) is 0 Å². The quantitative estimate of drug-likeness (QED) is 0.372. The number of carbonyl (C=O) groups excluding carboxylic acids is 2. The highest BCUT2D eigenvalue weighted by molar-refractivity contribution is 7.87. The Morgan fingerprint density at radius 3 is 2.40 bits per heavy atom. The zero-order valence-electron chi connectivity index (χ0n) is 19.5. The van der Waals surface area contributed by atoms with Gasteiger partial charge in [-0.15, -0.1) is 0 Å². The van der Waals surface area contributed by atoms with Gasteiger partial charge >= 0.3 is 28.3 Å². The van der Waals surface area contributed by atoms with Gasteiger partial charge in [0.15, 0.2) is 0 Å². The third-order valence-corrected chi connectivity index (χ3v) is 6.22. The van der Waals surface area contributed by atoms with E-state index in [1.807, 2.05) is 13.8 Å². The van der Waals surface area contributed by atoms with E-state index >= 15 is 0 Å². The van der Waals surface area contributed by atoms with Crippen molar-refractivity contribution in [3.05, 3.63) is 59.7 Å². The molecular formula is C23H27F3N2O6S. The average Bonchev–Trinajstić information content (AvgIpc) is 2.80. The first kappa shape index (κ1) is 28.0. The molecule has 0 aliphatic rings. The van der Waals surface area contributed by atoms with Crippen molar-refractivity contribution in [1.29, 1.82) is 0 Å². The lowest BCUT2D eigenvalue weighted by atomic mass is 10.1. The second kappa shape index (κ2) is 11.9. The van der Waals surface area contributed by atoms with Gasteiger partial charge in [0.2, 0.25) is 0 Å². The third-order valence-electron chi connectivity index (χ3n) is 4.98. The maximum atomic E-state index is 13.0. The van der Waals surface area contributed by atoms with E-state index in [4.69, 9.17) is 8.92 Å². The number of nitrogens with one attached hydrogen (secondary N) is 1. The normalized spacial score (nSPS) is 12.5. The molecule has 2 amide bonds. The predicted octanol–water partition coefficient (Wildman–Crippen LogP) is 4.35. The monoisotopic (exact) mass is 516 g/mol. The van der Waals surface area contributed by atoms with Crippen molar-refractivity contribution in [1.82, 2.24) is 10.2 Å². The van der Waals surface area contributed by atoms with Gasteiger partial charge in [-0.25, -0.2) is 4.79 Å². The molecule has 2 aromatic rings. The first-order chi connectivity index (χ1) is 16.4. The minimum Gasteiger partial charge on any atom is -0.465 e. The fourth-order valence-electron chi connectivity index (χ4n) is 3.00. The predicted molar refractivity (Wildman–Crippen MR) is 121 cm³/mol. The second-order valence-corrected chi connectivity index (χ2v) is 9.11. The summed E-state index contributed by atoms with van der Waals surface area (Å²) in [5, 5.41) is 2.49. The van der Waals surface area contributed by atoms with Crippen LogP contribution in [0.3, 0.4) is 0 Å². The molecule has 2 aromatic carbocycles. The molecule has 1 N–H and O–H groups in total. The van der Waals surface area contributed by atoms with E-state index in [0.29, 0.717) is 18.1 Å². The SMILES string of the molecule is CCOC(=O)CNC(=O)N(Cc1cccc(OS(=O)(=O)c2cccc(C(F)(F)F)c2)c1)C(C)CC. The van der Waals surface area contributed by atoms with Crippen molar-refractivity contribution in [3.8, 4) is 5.75 Å². The van der Waals surface area contributed by atoms with Crippen molar-refractivity contribution >= 4 is 22.1 Å². The molecule has 0 saturated carbocycles. The summed E-state index contributed by atoms with van der Waals surface area (Å²) in [5.41, 5.74) is -0.609. The molecule has 0 fully saturated rings. The van der Waals surface area contributed by atoms with Crippen LogP contribution in [0.4, 0.5) is 18.0 Å². The van der Waals surface area contributed by atoms with Crippen LogP contribution in [0.1, 0.15) is 38.3 Å². The molecule has 0 aromatic heterocycles. The van der Waals surface area contributed by atoms with Crippen LogP contribution in [0.15, 0.2) is 53.4 Å². The Bertz CT molecular complexity index is 1140. The van der Waals surface area contributed by atoms with Gasteiger partial charge in [0, 0.05) is 12.6 Å². The average molecular weight is 517 g/mol. The standard InChI is InChI=1S/C23H27F3N2O6S/c1-4-16(3)28(22(30)27-14-21(29)33-5-2)15-17-8-6-10-19(12-17)34-35(31,32)20-11-7-9-18(13-20)23(24,25)26/h6-13,16H,4-5,14-15H2,1-3H3,(H,27,30). The zero-order valence-corrected chi connectivity index (χ0v) is 20.3. The molecule has 0 radical (unpaired) electrons. The van der Waals surface area contributed by atoms with Crippen molar-refractivity contribution in [3.63, 3.8) is 0 Å². The first-order valence-corrected chi connectivity index (χ1v) is 12.2. The highest BCUT2D eigenvalue weighted by Gasteiger charge is 2.32. The topological polar surface area (TPSA) is 102 Å². The minimum atomic E-state index is -4.71. The van der Waals surface area contributed by atoms with E-state index < -0.39 is 38.8 Å². The molecule has 35 heavy (non-hydrogen) atoms. The van der Waals surface area contributed by atoms with Gasteiger partial charge < -0.3 is 19.1 Å². The molecular weight excluding hydrogens is 489 g/mol. The van der Waals surface area contributed by atoms with E-state index in [2.05, 4.69) is 5.32 Å². The zero-order chi connectivity index (χ0) is 26.2. The number of halogens is 3. The number of carbonyl (C=O) groups is 2. The highest BCUT2D eigenvalue weighted by Crippen LogP contribution is 2.31. The van der Waals surface area contributed by atoms with E-state index in [-0.39, 0.29) is 31.5 Å². The lowest BCUT2D eigenvalue weighted by Crippen LogP contribution is -2.46. The first-order valence-electron chi connectivity index (χ1n) is 10.8. The molecule has 8 nitrogen and oxygen atoms in total. The molecule has 1 atom stereocenters. The van der Waals surface area contributed by atoms with Crippen molar-refractivity contribution < 1.29 is 40.1 Å². The summed E-state index contributed by atoms with van der Waals surface area (Å²) in [5.74, 6) is -0.712. The van der Waals surface area contributed by atoms with E-state index in [9.17, 15) is 31.2 Å². The summed E-state index contributed by atoms with van der Waals surface area (Å²) in [6.45, 7) is 5.26. The van der Waals surface area contributed by atoms with Gasteiger partial charge in [-0.2, -0.15) is 21.6 Å². The summed E-state index contributed by atoms with van der Waals surface area (Å²) in [6.07, 6.45) is -4.11.